The molecule has 1 aromatic rings. The summed E-state index contributed by atoms with van der Waals surface area (Å²) in [6, 6.07) is 5.98. The van der Waals surface area contributed by atoms with Crippen molar-refractivity contribution in [3.05, 3.63) is 30.1 Å². The second-order valence-electron chi connectivity index (χ2n) is 1.66. The topological polar surface area (TPSA) is 38.7 Å². The minimum absolute atomic E-state index is 0.251. The van der Waals surface area contributed by atoms with Gasteiger partial charge in [-0.15, -0.1) is 4.33 Å². The van der Waals surface area contributed by atoms with Crippen molar-refractivity contribution in [2.45, 2.75) is 4.90 Å². The zero-order valence-corrected chi connectivity index (χ0v) is 6.18. The highest BCUT2D eigenvalue weighted by molar-refractivity contribution is 7.94. The van der Waals surface area contributed by atoms with E-state index in [4.69, 9.17) is 5.26 Å². The molecule has 0 aliphatic rings. The smallest absolute Gasteiger partial charge is 0.139 e. The maximum atomic E-state index is 12.7. The third kappa shape index (κ3) is 2.47. The molecule has 11 heavy (non-hydrogen) atoms. The first kappa shape index (κ1) is 8.48. The van der Waals surface area contributed by atoms with Crippen LogP contribution in [0, 0.1) is 5.82 Å². The average Bonchev–Trinajstić information content (AvgIpc) is 2.03. The lowest BCUT2D eigenvalue weighted by Crippen LogP contribution is -1.82. The number of hydrogen-bond donors (Lipinski definition) is 1. The summed E-state index contributed by atoms with van der Waals surface area (Å²) in [7, 11) is 0. The van der Waals surface area contributed by atoms with Crippen molar-refractivity contribution in [1.82, 2.24) is 0 Å². The van der Waals surface area contributed by atoms with Gasteiger partial charge < -0.3 is 0 Å². The van der Waals surface area contributed by atoms with Crippen LogP contribution in [0.1, 0.15) is 0 Å². The molecule has 0 fully saturated rings. The number of benzene rings is 1. The molecular formula is C6H5FO3S. The summed E-state index contributed by atoms with van der Waals surface area (Å²) in [5.74, 6) is -0.422. The Morgan fingerprint density at radius 3 is 2.73 bits per heavy atom. The van der Waals surface area contributed by atoms with Crippen LogP contribution in [0.15, 0.2) is 29.2 Å². The zero-order chi connectivity index (χ0) is 8.10. The van der Waals surface area contributed by atoms with Gasteiger partial charge in [0, 0.05) is 0 Å². The van der Waals surface area contributed by atoms with Crippen LogP contribution in [0.25, 0.3) is 0 Å². The molecule has 0 aliphatic carbocycles. The third-order valence-corrected chi connectivity index (χ3v) is 1.63. The monoisotopic (exact) mass is 176 g/mol. The largest absolute Gasteiger partial charge is 0.220 e. The van der Waals surface area contributed by atoms with E-state index < -0.39 is 5.82 Å². The van der Waals surface area contributed by atoms with Gasteiger partial charge in [-0.2, -0.15) is 0 Å². The summed E-state index contributed by atoms with van der Waals surface area (Å²) in [5, 5.41) is 11.1. The SMILES string of the molecule is OOOSc1ccccc1F. The van der Waals surface area contributed by atoms with Crippen molar-refractivity contribution in [2.75, 3.05) is 0 Å². The van der Waals surface area contributed by atoms with E-state index in [-0.39, 0.29) is 4.90 Å². The van der Waals surface area contributed by atoms with Gasteiger partial charge in [0.1, 0.15) is 5.82 Å². The predicted molar refractivity (Wildman–Crippen MR) is 37.1 cm³/mol. The Labute approximate surface area is 66.8 Å². The minimum atomic E-state index is -0.422. The third-order valence-electron chi connectivity index (χ3n) is 0.991. The zero-order valence-electron chi connectivity index (χ0n) is 5.36. The Morgan fingerprint density at radius 2 is 2.09 bits per heavy atom. The molecule has 0 radical (unpaired) electrons. The molecule has 1 rings (SSSR count). The quantitative estimate of drug-likeness (QED) is 0.435. The second kappa shape index (κ2) is 4.30. The maximum Gasteiger partial charge on any atom is 0.139 e. The van der Waals surface area contributed by atoms with E-state index in [1.807, 2.05) is 0 Å². The Balaban J connectivity index is 2.62. The van der Waals surface area contributed by atoms with Gasteiger partial charge in [-0.3, -0.25) is 0 Å². The lowest BCUT2D eigenvalue weighted by molar-refractivity contribution is -0.432. The summed E-state index contributed by atoms with van der Waals surface area (Å²) in [6.45, 7) is 0. The van der Waals surface area contributed by atoms with Crippen LogP contribution in [0.4, 0.5) is 4.39 Å². The van der Waals surface area contributed by atoms with E-state index in [2.05, 4.69) is 9.37 Å². The van der Waals surface area contributed by atoms with Crippen LogP contribution in [-0.2, 0) is 9.37 Å². The normalized spacial score (nSPS) is 10.0. The molecule has 0 heterocycles. The Kier molecular flexibility index (Phi) is 3.31. The highest BCUT2D eigenvalue weighted by Gasteiger charge is 2.01. The van der Waals surface area contributed by atoms with E-state index in [1.165, 1.54) is 12.1 Å². The fourth-order valence-corrected chi connectivity index (χ4v) is 0.950. The fraction of sp³-hybridized carbons (Fsp3) is 0. The first-order valence-electron chi connectivity index (χ1n) is 2.74. The molecular weight excluding hydrogens is 171 g/mol. The van der Waals surface area contributed by atoms with Gasteiger partial charge in [0.15, 0.2) is 0 Å². The molecule has 0 unspecified atom stereocenters. The summed E-state index contributed by atoms with van der Waals surface area (Å²) in [6.07, 6.45) is 0. The molecule has 1 aromatic carbocycles. The van der Waals surface area contributed by atoms with Crippen molar-refractivity contribution >= 4 is 12.0 Å². The van der Waals surface area contributed by atoms with Crippen LogP contribution in [0.2, 0.25) is 0 Å². The van der Waals surface area contributed by atoms with Crippen LogP contribution in [0.3, 0.4) is 0 Å². The molecule has 0 saturated heterocycles. The van der Waals surface area contributed by atoms with Crippen molar-refractivity contribution in [3.63, 3.8) is 0 Å². The van der Waals surface area contributed by atoms with E-state index in [0.717, 1.165) is 0 Å². The molecule has 0 aromatic heterocycles. The number of rotatable bonds is 3. The van der Waals surface area contributed by atoms with E-state index in [1.54, 1.807) is 12.1 Å². The Bertz CT molecular complexity index is 231. The molecule has 3 nitrogen and oxygen atoms in total. The lowest BCUT2D eigenvalue weighted by atomic mass is 10.4. The van der Waals surface area contributed by atoms with Crippen molar-refractivity contribution in [2.24, 2.45) is 0 Å². The van der Waals surface area contributed by atoms with Gasteiger partial charge in [0.05, 0.1) is 16.9 Å². The predicted octanol–water partition coefficient (Wildman–Crippen LogP) is 2.25. The first-order valence-corrected chi connectivity index (χ1v) is 3.48. The van der Waals surface area contributed by atoms with Crippen LogP contribution >= 0.6 is 12.0 Å². The summed E-state index contributed by atoms with van der Waals surface area (Å²) in [4.78, 5) is 0.251. The number of halogens is 1. The van der Waals surface area contributed by atoms with Gasteiger partial charge in [-0.05, 0) is 12.1 Å². The summed E-state index contributed by atoms with van der Waals surface area (Å²) < 4.78 is 16.7. The van der Waals surface area contributed by atoms with Crippen molar-refractivity contribution < 1.29 is 19.0 Å². The molecule has 0 amide bonds. The lowest BCUT2D eigenvalue weighted by Gasteiger charge is -1.96. The maximum absolute atomic E-state index is 12.7. The highest BCUT2D eigenvalue weighted by Crippen LogP contribution is 2.21. The van der Waals surface area contributed by atoms with Gasteiger partial charge >= 0.3 is 0 Å². The van der Waals surface area contributed by atoms with E-state index >= 15 is 0 Å². The van der Waals surface area contributed by atoms with Crippen LogP contribution < -0.4 is 0 Å². The van der Waals surface area contributed by atoms with Gasteiger partial charge in [0.25, 0.3) is 0 Å². The molecule has 5 heteroatoms. The Morgan fingerprint density at radius 1 is 1.36 bits per heavy atom. The van der Waals surface area contributed by atoms with E-state index in [0.29, 0.717) is 12.0 Å². The highest BCUT2D eigenvalue weighted by atomic mass is 32.2. The molecule has 0 aliphatic heterocycles. The Hall–Kier alpha value is -0.620. The standard InChI is InChI=1S/C6H5FO3S/c7-5-3-1-2-4-6(5)11-10-9-8/h1-4,8H. The number of hydrogen-bond acceptors (Lipinski definition) is 4. The van der Waals surface area contributed by atoms with Gasteiger partial charge in [-0.1, -0.05) is 17.2 Å². The van der Waals surface area contributed by atoms with Crippen LogP contribution in [0.5, 0.6) is 0 Å². The molecule has 0 atom stereocenters. The molecule has 0 bridgehead atoms. The van der Waals surface area contributed by atoms with Crippen LogP contribution in [-0.4, -0.2) is 5.26 Å². The first-order chi connectivity index (χ1) is 5.34. The van der Waals surface area contributed by atoms with Crippen molar-refractivity contribution in [1.29, 1.82) is 0 Å². The molecule has 1 N–H and O–H groups in total. The minimum Gasteiger partial charge on any atom is -0.220 e. The van der Waals surface area contributed by atoms with E-state index in [9.17, 15) is 4.39 Å². The summed E-state index contributed by atoms with van der Waals surface area (Å²) >= 11 is 0.600. The average molecular weight is 176 g/mol. The summed E-state index contributed by atoms with van der Waals surface area (Å²) in [5.41, 5.74) is 0. The second-order valence-corrected chi connectivity index (χ2v) is 2.40. The van der Waals surface area contributed by atoms with Gasteiger partial charge in [-0.25, -0.2) is 9.65 Å². The van der Waals surface area contributed by atoms with Crippen molar-refractivity contribution in [3.8, 4) is 0 Å². The molecule has 60 valence electrons. The molecule has 0 spiro atoms. The molecule has 0 saturated carbocycles. The fourth-order valence-electron chi connectivity index (χ4n) is 0.564. The van der Waals surface area contributed by atoms with Gasteiger partial charge in [0.2, 0.25) is 0 Å².